The highest BCUT2D eigenvalue weighted by Crippen LogP contribution is 2.32. The maximum Gasteiger partial charge on any atom is 0.323 e. The van der Waals surface area contributed by atoms with E-state index in [4.69, 9.17) is 4.52 Å². The van der Waals surface area contributed by atoms with Gasteiger partial charge in [-0.1, -0.05) is 35.0 Å². The molecule has 1 aromatic carbocycles. The van der Waals surface area contributed by atoms with Crippen molar-refractivity contribution < 1.29 is 14.4 Å². The summed E-state index contributed by atoms with van der Waals surface area (Å²) in [5, 5.41) is 16.4. The van der Waals surface area contributed by atoms with Crippen LogP contribution >= 0.6 is 0 Å². The van der Waals surface area contributed by atoms with Crippen molar-refractivity contribution in [1.82, 2.24) is 10.5 Å². The summed E-state index contributed by atoms with van der Waals surface area (Å²) in [5.74, 6) is -0.134. The van der Waals surface area contributed by atoms with E-state index in [-0.39, 0.29) is 0 Å². The summed E-state index contributed by atoms with van der Waals surface area (Å²) in [6.07, 6.45) is 2.28. The van der Waals surface area contributed by atoms with Crippen molar-refractivity contribution in [2.45, 2.75) is 38.3 Å². The smallest absolute Gasteiger partial charge is 0.323 e. The first kappa shape index (κ1) is 13.8. The van der Waals surface area contributed by atoms with Gasteiger partial charge < -0.3 is 9.63 Å². The maximum atomic E-state index is 11.3. The Kier molecular flexibility index (Phi) is 3.51. The first-order valence-electron chi connectivity index (χ1n) is 7.10. The zero-order valence-corrected chi connectivity index (χ0v) is 11.9. The molecule has 1 aliphatic rings. The molecule has 0 spiro atoms. The number of carbonyl (C=O) groups is 1. The van der Waals surface area contributed by atoms with E-state index in [1.807, 2.05) is 37.3 Å². The second-order valence-corrected chi connectivity index (χ2v) is 5.64. The normalized spacial score (nSPS) is 16.4. The Morgan fingerprint density at radius 3 is 2.67 bits per heavy atom. The number of hydrogen-bond donors (Lipinski definition) is 2. The van der Waals surface area contributed by atoms with E-state index in [1.165, 1.54) is 5.56 Å². The van der Waals surface area contributed by atoms with Gasteiger partial charge in [-0.3, -0.25) is 10.1 Å². The van der Waals surface area contributed by atoms with E-state index in [1.54, 1.807) is 0 Å². The van der Waals surface area contributed by atoms with Gasteiger partial charge in [0.25, 0.3) is 0 Å². The van der Waals surface area contributed by atoms with Crippen LogP contribution in [-0.4, -0.2) is 21.8 Å². The third-order valence-corrected chi connectivity index (χ3v) is 4.12. The SMILES string of the molecule is Cc1ccc(-c2cc(CNC3(C(=O)O)CCC3)on2)cc1. The lowest BCUT2D eigenvalue weighted by atomic mass is 9.77. The van der Waals surface area contributed by atoms with Crippen LogP contribution in [0.4, 0.5) is 0 Å². The number of carboxylic acids is 1. The number of hydrogen-bond acceptors (Lipinski definition) is 4. The summed E-state index contributed by atoms with van der Waals surface area (Å²) in [4.78, 5) is 11.3. The number of nitrogens with zero attached hydrogens (tertiary/aromatic N) is 1. The van der Waals surface area contributed by atoms with Crippen molar-refractivity contribution in [3.05, 3.63) is 41.7 Å². The predicted molar refractivity (Wildman–Crippen MR) is 77.7 cm³/mol. The Hall–Kier alpha value is -2.14. The Morgan fingerprint density at radius 2 is 2.10 bits per heavy atom. The molecule has 0 amide bonds. The average Bonchev–Trinajstić information content (AvgIpc) is 2.87. The molecule has 110 valence electrons. The van der Waals surface area contributed by atoms with E-state index in [2.05, 4.69) is 10.5 Å². The van der Waals surface area contributed by atoms with Crippen LogP contribution in [-0.2, 0) is 11.3 Å². The molecule has 0 bridgehead atoms. The molecular weight excluding hydrogens is 268 g/mol. The first-order valence-corrected chi connectivity index (χ1v) is 7.10. The van der Waals surface area contributed by atoms with Crippen LogP contribution in [0.1, 0.15) is 30.6 Å². The Morgan fingerprint density at radius 1 is 1.38 bits per heavy atom. The molecule has 0 saturated heterocycles. The monoisotopic (exact) mass is 286 g/mol. The largest absolute Gasteiger partial charge is 0.480 e. The molecule has 0 aliphatic heterocycles. The number of aryl methyl sites for hydroxylation is 1. The minimum absolute atomic E-state index is 0.380. The van der Waals surface area contributed by atoms with Crippen molar-refractivity contribution >= 4 is 5.97 Å². The molecule has 1 saturated carbocycles. The van der Waals surface area contributed by atoms with Gasteiger partial charge in [-0.05, 0) is 26.2 Å². The highest BCUT2D eigenvalue weighted by molar-refractivity contribution is 5.80. The van der Waals surface area contributed by atoms with Gasteiger partial charge in [0.1, 0.15) is 11.2 Å². The van der Waals surface area contributed by atoms with Gasteiger partial charge in [-0.15, -0.1) is 0 Å². The van der Waals surface area contributed by atoms with Gasteiger partial charge >= 0.3 is 5.97 Å². The van der Waals surface area contributed by atoms with Crippen molar-refractivity contribution in [2.75, 3.05) is 0 Å². The van der Waals surface area contributed by atoms with Gasteiger partial charge in [-0.2, -0.15) is 0 Å². The number of nitrogens with one attached hydrogen (secondary N) is 1. The molecule has 21 heavy (non-hydrogen) atoms. The third kappa shape index (κ3) is 2.69. The van der Waals surface area contributed by atoms with E-state index in [0.717, 1.165) is 17.7 Å². The summed E-state index contributed by atoms with van der Waals surface area (Å²) in [6.45, 7) is 2.41. The van der Waals surface area contributed by atoms with E-state index >= 15 is 0 Å². The zero-order valence-electron chi connectivity index (χ0n) is 11.9. The van der Waals surface area contributed by atoms with Crippen molar-refractivity contribution in [3.63, 3.8) is 0 Å². The van der Waals surface area contributed by atoms with Crippen LogP contribution in [0.2, 0.25) is 0 Å². The second kappa shape index (κ2) is 5.33. The first-order chi connectivity index (χ1) is 10.1. The Balaban J connectivity index is 1.68. The highest BCUT2D eigenvalue weighted by Gasteiger charge is 2.44. The summed E-state index contributed by atoms with van der Waals surface area (Å²) < 4.78 is 5.29. The van der Waals surface area contributed by atoms with Crippen LogP contribution < -0.4 is 5.32 Å². The van der Waals surface area contributed by atoms with Crippen LogP contribution in [0.25, 0.3) is 11.3 Å². The fourth-order valence-corrected chi connectivity index (χ4v) is 2.51. The summed E-state index contributed by atoms with van der Waals surface area (Å²) in [7, 11) is 0. The summed E-state index contributed by atoms with van der Waals surface area (Å²) in [6, 6.07) is 9.89. The van der Waals surface area contributed by atoms with Crippen LogP contribution in [0.3, 0.4) is 0 Å². The van der Waals surface area contributed by atoms with Crippen molar-refractivity contribution in [3.8, 4) is 11.3 Å². The minimum atomic E-state index is -0.785. The molecule has 1 fully saturated rings. The number of carboxylic acid groups (broad SMARTS) is 1. The van der Waals surface area contributed by atoms with Gasteiger partial charge in [-0.25, -0.2) is 0 Å². The van der Waals surface area contributed by atoms with Crippen LogP contribution in [0.5, 0.6) is 0 Å². The number of rotatable bonds is 5. The van der Waals surface area contributed by atoms with Crippen LogP contribution in [0.15, 0.2) is 34.9 Å². The maximum absolute atomic E-state index is 11.3. The Labute approximate surface area is 123 Å². The Bertz CT molecular complexity index is 642. The number of aliphatic carboxylic acids is 1. The molecule has 0 atom stereocenters. The van der Waals surface area contributed by atoms with Gasteiger partial charge in [0.15, 0.2) is 5.76 Å². The second-order valence-electron chi connectivity index (χ2n) is 5.64. The lowest BCUT2D eigenvalue weighted by molar-refractivity contribution is -0.149. The van der Waals surface area contributed by atoms with Crippen molar-refractivity contribution in [1.29, 1.82) is 0 Å². The molecule has 2 aromatic rings. The zero-order chi connectivity index (χ0) is 14.9. The molecule has 0 radical (unpaired) electrons. The predicted octanol–water partition coefficient (Wildman–Crippen LogP) is 2.75. The minimum Gasteiger partial charge on any atom is -0.480 e. The molecule has 1 heterocycles. The van der Waals surface area contributed by atoms with Gasteiger partial charge in [0, 0.05) is 11.6 Å². The standard InChI is InChI=1S/C16H18N2O3/c1-11-3-5-12(6-4-11)14-9-13(21-18-14)10-17-16(15(19)20)7-2-8-16/h3-6,9,17H,2,7-8,10H2,1H3,(H,19,20). The van der Waals surface area contributed by atoms with E-state index < -0.39 is 11.5 Å². The molecule has 5 nitrogen and oxygen atoms in total. The summed E-state index contributed by atoms with van der Waals surface area (Å²) in [5.41, 5.74) is 2.17. The highest BCUT2D eigenvalue weighted by atomic mass is 16.5. The molecule has 1 aromatic heterocycles. The topological polar surface area (TPSA) is 75.4 Å². The van der Waals surface area contributed by atoms with Crippen molar-refractivity contribution in [2.24, 2.45) is 0 Å². The number of benzene rings is 1. The lowest BCUT2D eigenvalue weighted by Crippen LogP contribution is -2.56. The molecule has 3 rings (SSSR count). The molecule has 1 aliphatic carbocycles. The van der Waals surface area contributed by atoms with Crippen LogP contribution in [0, 0.1) is 6.92 Å². The van der Waals surface area contributed by atoms with E-state index in [0.29, 0.717) is 25.1 Å². The molecule has 2 N–H and O–H groups in total. The van der Waals surface area contributed by atoms with Gasteiger partial charge in [0.05, 0.1) is 6.54 Å². The molecule has 0 unspecified atom stereocenters. The van der Waals surface area contributed by atoms with E-state index in [9.17, 15) is 9.90 Å². The fraction of sp³-hybridized carbons (Fsp3) is 0.375. The average molecular weight is 286 g/mol. The quantitative estimate of drug-likeness (QED) is 0.884. The third-order valence-electron chi connectivity index (χ3n) is 4.12. The number of aromatic nitrogens is 1. The lowest BCUT2D eigenvalue weighted by Gasteiger charge is -2.38. The van der Waals surface area contributed by atoms with Gasteiger partial charge in [0.2, 0.25) is 0 Å². The summed E-state index contributed by atoms with van der Waals surface area (Å²) >= 11 is 0. The fourth-order valence-electron chi connectivity index (χ4n) is 2.51. The molecular formula is C16H18N2O3. The molecule has 5 heteroatoms.